The van der Waals surface area contributed by atoms with Gasteiger partial charge in [-0.3, -0.25) is 9.89 Å². The van der Waals surface area contributed by atoms with Crippen molar-refractivity contribution in [3.05, 3.63) is 35.4 Å². The van der Waals surface area contributed by atoms with Gasteiger partial charge in [0.15, 0.2) is 5.96 Å². The molecule has 4 nitrogen and oxygen atoms in total. The number of piperazine rings is 1. The highest BCUT2D eigenvalue weighted by atomic mass is 127. The van der Waals surface area contributed by atoms with E-state index in [1.165, 1.54) is 23.0 Å². The summed E-state index contributed by atoms with van der Waals surface area (Å²) in [6, 6.07) is 6.85. The Balaban J connectivity index is 0.00000338. The summed E-state index contributed by atoms with van der Waals surface area (Å²) in [5, 5.41) is 3.32. The molecular weight excluding hydrogens is 456 g/mol. The monoisotopic (exact) mass is 484 g/mol. The Morgan fingerprint density at radius 1 is 1.19 bits per heavy atom. The Hall–Kier alpha value is -1.03. The molecule has 1 fully saturated rings. The van der Waals surface area contributed by atoms with Gasteiger partial charge in [0.2, 0.25) is 0 Å². The van der Waals surface area contributed by atoms with Crippen molar-refractivity contribution in [2.24, 2.45) is 4.99 Å². The average molecular weight is 484 g/mol. The molecule has 0 radical (unpaired) electrons. The molecule has 1 atom stereocenters. The number of rotatable bonds is 4. The van der Waals surface area contributed by atoms with Crippen molar-refractivity contribution in [2.75, 3.05) is 39.8 Å². The van der Waals surface area contributed by atoms with Crippen molar-refractivity contribution in [1.29, 1.82) is 0 Å². The molecule has 0 aliphatic carbocycles. The average Bonchev–Trinajstić information content (AvgIpc) is 2.59. The van der Waals surface area contributed by atoms with Gasteiger partial charge in [-0.15, -0.1) is 24.0 Å². The van der Waals surface area contributed by atoms with Crippen molar-refractivity contribution >= 4 is 29.9 Å². The molecule has 2 rings (SSSR count). The van der Waals surface area contributed by atoms with Gasteiger partial charge in [-0.2, -0.15) is 13.2 Å². The lowest BCUT2D eigenvalue weighted by molar-refractivity contribution is -0.181. The maximum absolute atomic E-state index is 12.8. The molecule has 148 valence electrons. The van der Waals surface area contributed by atoms with E-state index in [9.17, 15) is 13.2 Å². The van der Waals surface area contributed by atoms with E-state index in [2.05, 4.69) is 29.4 Å². The third-order valence-corrected chi connectivity index (χ3v) is 4.79. The summed E-state index contributed by atoms with van der Waals surface area (Å²) in [6.45, 7) is 5.93. The van der Waals surface area contributed by atoms with Gasteiger partial charge in [0.05, 0.1) is 0 Å². The maximum Gasteiger partial charge on any atom is 0.403 e. The number of alkyl halides is 3. The molecule has 1 aromatic carbocycles. The summed E-state index contributed by atoms with van der Waals surface area (Å²) in [7, 11) is 1.71. The molecule has 0 spiro atoms. The van der Waals surface area contributed by atoms with Crippen LogP contribution in [-0.4, -0.2) is 67.7 Å². The molecular formula is C18H28F3IN4. The summed E-state index contributed by atoms with van der Waals surface area (Å²) >= 11 is 0. The van der Waals surface area contributed by atoms with Gasteiger partial charge in [-0.05, 0) is 31.4 Å². The Labute approximate surface area is 170 Å². The molecule has 1 aliphatic rings. The second kappa shape index (κ2) is 10.3. The lowest BCUT2D eigenvalue weighted by Gasteiger charge is -2.39. The van der Waals surface area contributed by atoms with Gasteiger partial charge in [0.25, 0.3) is 0 Å². The largest absolute Gasteiger partial charge is 0.403 e. The standard InChI is InChI=1S/C18H27F3N4.HI/c1-14-6-4-5-7-16(14)8-9-23-17(22-3)25-12-10-24(11-13-25)15(2)18(19,20)21;/h4-7,15H,8-13H2,1-3H3,(H,22,23);1H. The number of nitrogens with one attached hydrogen (secondary N) is 1. The first-order valence-electron chi connectivity index (χ1n) is 8.63. The minimum atomic E-state index is -4.17. The molecule has 0 saturated carbocycles. The van der Waals surface area contributed by atoms with Crippen LogP contribution in [0.25, 0.3) is 0 Å². The molecule has 1 unspecified atom stereocenters. The normalized spacial score (nSPS) is 17.6. The predicted octanol–water partition coefficient (Wildman–Crippen LogP) is 3.30. The minimum Gasteiger partial charge on any atom is -0.356 e. The number of hydrogen-bond donors (Lipinski definition) is 1. The third kappa shape index (κ3) is 6.29. The summed E-state index contributed by atoms with van der Waals surface area (Å²) in [5.74, 6) is 0.757. The number of nitrogens with zero attached hydrogens (tertiary/aromatic N) is 3. The van der Waals surface area contributed by atoms with E-state index < -0.39 is 12.2 Å². The quantitative estimate of drug-likeness (QED) is 0.405. The number of aryl methyl sites for hydroxylation is 1. The van der Waals surface area contributed by atoms with E-state index in [-0.39, 0.29) is 24.0 Å². The lowest BCUT2D eigenvalue weighted by atomic mass is 10.1. The Kier molecular flexibility index (Phi) is 9.15. The van der Waals surface area contributed by atoms with Gasteiger partial charge >= 0.3 is 6.18 Å². The second-order valence-electron chi connectivity index (χ2n) is 6.39. The number of hydrogen-bond acceptors (Lipinski definition) is 2. The van der Waals surface area contributed by atoms with E-state index in [0.717, 1.165) is 18.9 Å². The van der Waals surface area contributed by atoms with Gasteiger partial charge in [0, 0.05) is 39.8 Å². The van der Waals surface area contributed by atoms with E-state index in [1.807, 2.05) is 17.0 Å². The van der Waals surface area contributed by atoms with Crippen LogP contribution in [0.2, 0.25) is 0 Å². The van der Waals surface area contributed by atoms with Crippen molar-refractivity contribution < 1.29 is 13.2 Å². The summed E-state index contributed by atoms with van der Waals surface area (Å²) in [5.41, 5.74) is 2.54. The zero-order valence-electron chi connectivity index (χ0n) is 15.5. The molecule has 1 N–H and O–H groups in total. The SMILES string of the molecule is CN=C(NCCc1ccccc1C)N1CCN(C(C)C(F)(F)F)CC1.I. The topological polar surface area (TPSA) is 30.9 Å². The number of halogens is 4. The lowest BCUT2D eigenvalue weighted by Crippen LogP contribution is -2.56. The molecule has 0 aromatic heterocycles. The van der Waals surface area contributed by atoms with Crippen LogP contribution in [0.1, 0.15) is 18.1 Å². The number of aliphatic imine (C=N–C) groups is 1. The molecule has 1 aromatic rings. The van der Waals surface area contributed by atoms with Crippen LogP contribution in [0.3, 0.4) is 0 Å². The van der Waals surface area contributed by atoms with E-state index in [0.29, 0.717) is 26.2 Å². The molecule has 0 bridgehead atoms. The molecule has 1 heterocycles. The van der Waals surface area contributed by atoms with Crippen LogP contribution < -0.4 is 5.32 Å². The van der Waals surface area contributed by atoms with Crippen molar-refractivity contribution in [1.82, 2.24) is 15.1 Å². The maximum atomic E-state index is 12.8. The molecule has 26 heavy (non-hydrogen) atoms. The number of benzene rings is 1. The molecule has 0 amide bonds. The fourth-order valence-corrected chi connectivity index (χ4v) is 3.06. The fourth-order valence-electron chi connectivity index (χ4n) is 3.06. The van der Waals surface area contributed by atoms with E-state index >= 15 is 0 Å². The first kappa shape index (κ1) is 23.0. The van der Waals surface area contributed by atoms with Crippen LogP contribution in [0, 0.1) is 6.92 Å². The van der Waals surface area contributed by atoms with Crippen LogP contribution in [-0.2, 0) is 6.42 Å². The van der Waals surface area contributed by atoms with Crippen LogP contribution >= 0.6 is 24.0 Å². The fraction of sp³-hybridized carbons (Fsp3) is 0.611. The van der Waals surface area contributed by atoms with E-state index in [4.69, 9.17) is 0 Å². The zero-order valence-corrected chi connectivity index (χ0v) is 17.8. The van der Waals surface area contributed by atoms with Crippen molar-refractivity contribution in [2.45, 2.75) is 32.5 Å². The van der Waals surface area contributed by atoms with Gasteiger partial charge in [-0.25, -0.2) is 0 Å². The third-order valence-electron chi connectivity index (χ3n) is 4.79. The predicted molar refractivity (Wildman–Crippen MR) is 110 cm³/mol. The molecule has 1 aliphatic heterocycles. The van der Waals surface area contributed by atoms with Crippen molar-refractivity contribution in [3.63, 3.8) is 0 Å². The minimum absolute atomic E-state index is 0. The molecule has 8 heteroatoms. The highest BCUT2D eigenvalue weighted by Gasteiger charge is 2.41. The van der Waals surface area contributed by atoms with Gasteiger partial charge in [-0.1, -0.05) is 24.3 Å². The molecule has 1 saturated heterocycles. The highest BCUT2D eigenvalue weighted by Crippen LogP contribution is 2.25. The Morgan fingerprint density at radius 2 is 1.81 bits per heavy atom. The summed E-state index contributed by atoms with van der Waals surface area (Å²) in [6.07, 6.45) is -3.29. The van der Waals surface area contributed by atoms with Gasteiger partial charge in [0.1, 0.15) is 6.04 Å². The van der Waals surface area contributed by atoms with Crippen LogP contribution in [0.15, 0.2) is 29.3 Å². The first-order chi connectivity index (χ1) is 11.8. The first-order valence-corrected chi connectivity index (χ1v) is 8.63. The second-order valence-corrected chi connectivity index (χ2v) is 6.39. The van der Waals surface area contributed by atoms with Crippen LogP contribution in [0.4, 0.5) is 13.2 Å². The summed E-state index contributed by atoms with van der Waals surface area (Å²) in [4.78, 5) is 7.78. The smallest absolute Gasteiger partial charge is 0.356 e. The highest BCUT2D eigenvalue weighted by molar-refractivity contribution is 14.0. The number of guanidine groups is 1. The Morgan fingerprint density at radius 3 is 2.35 bits per heavy atom. The Bertz CT molecular complexity index is 584. The summed E-state index contributed by atoms with van der Waals surface area (Å²) < 4.78 is 38.5. The van der Waals surface area contributed by atoms with Gasteiger partial charge < -0.3 is 10.2 Å². The zero-order chi connectivity index (χ0) is 18.4. The van der Waals surface area contributed by atoms with Crippen molar-refractivity contribution in [3.8, 4) is 0 Å². The van der Waals surface area contributed by atoms with Crippen LogP contribution in [0.5, 0.6) is 0 Å². The van der Waals surface area contributed by atoms with E-state index in [1.54, 1.807) is 7.05 Å².